The SMILES string of the molecule is O=C1CC2c3ccc(OCCc4ccccn4)cc3C1C(C(=O)O)C2C(=O)O. The molecule has 2 N–H and O–H groups in total. The molecular weight excluding hydrogens is 362 g/mol. The van der Waals surface area contributed by atoms with Crippen molar-refractivity contribution in [2.75, 3.05) is 6.61 Å². The summed E-state index contributed by atoms with van der Waals surface area (Å²) < 4.78 is 5.77. The molecule has 5 rings (SSSR count). The molecule has 1 aromatic carbocycles. The number of aromatic nitrogens is 1. The molecule has 0 amide bonds. The minimum atomic E-state index is -1.25. The number of pyridine rings is 1. The minimum Gasteiger partial charge on any atom is -0.493 e. The van der Waals surface area contributed by atoms with Gasteiger partial charge in [0.25, 0.3) is 0 Å². The fraction of sp³-hybridized carbons (Fsp3) is 0.333. The van der Waals surface area contributed by atoms with Gasteiger partial charge in [0.2, 0.25) is 0 Å². The lowest BCUT2D eigenvalue weighted by molar-refractivity contribution is -0.160. The van der Waals surface area contributed by atoms with Gasteiger partial charge in [0.05, 0.1) is 24.4 Å². The van der Waals surface area contributed by atoms with Crippen molar-refractivity contribution in [1.82, 2.24) is 4.98 Å². The Bertz CT molecular complexity index is 941. The summed E-state index contributed by atoms with van der Waals surface area (Å²) in [6.45, 7) is 0.387. The number of hydrogen-bond acceptors (Lipinski definition) is 5. The third-order valence-electron chi connectivity index (χ3n) is 5.66. The van der Waals surface area contributed by atoms with Gasteiger partial charge in [-0.05, 0) is 35.4 Å². The van der Waals surface area contributed by atoms with E-state index in [4.69, 9.17) is 4.74 Å². The average Bonchev–Trinajstić information content (AvgIpc) is 2.68. The molecule has 7 heteroatoms. The highest BCUT2D eigenvalue weighted by atomic mass is 16.5. The maximum absolute atomic E-state index is 12.5. The molecule has 144 valence electrons. The van der Waals surface area contributed by atoms with Crippen LogP contribution in [0.15, 0.2) is 42.6 Å². The summed E-state index contributed by atoms with van der Waals surface area (Å²) in [5, 5.41) is 19.2. The van der Waals surface area contributed by atoms with Crippen LogP contribution in [0.1, 0.15) is 35.1 Å². The Balaban J connectivity index is 1.60. The Morgan fingerprint density at radius 2 is 1.86 bits per heavy atom. The standard InChI is InChI=1S/C21H19NO6/c23-16-10-15-13-5-4-12(28-8-6-11-3-1-2-7-22-11)9-14(13)17(16)19(21(26)27)18(15)20(24)25/h1-5,7,9,15,17-19H,6,8,10H2,(H,24,25)(H,26,27). The van der Waals surface area contributed by atoms with Crippen LogP contribution in [0, 0.1) is 11.8 Å². The molecule has 3 aliphatic carbocycles. The molecule has 1 aromatic heterocycles. The maximum atomic E-state index is 12.5. The second kappa shape index (κ2) is 7.07. The van der Waals surface area contributed by atoms with E-state index in [9.17, 15) is 24.6 Å². The molecular formula is C21H19NO6. The van der Waals surface area contributed by atoms with E-state index >= 15 is 0 Å². The summed E-state index contributed by atoms with van der Waals surface area (Å²) in [7, 11) is 0. The van der Waals surface area contributed by atoms with Crippen molar-refractivity contribution in [1.29, 1.82) is 0 Å². The van der Waals surface area contributed by atoms with Crippen LogP contribution in [0.2, 0.25) is 0 Å². The molecule has 0 saturated heterocycles. The zero-order valence-corrected chi connectivity index (χ0v) is 14.9. The topological polar surface area (TPSA) is 114 Å². The zero-order chi connectivity index (χ0) is 19.8. The van der Waals surface area contributed by atoms with E-state index in [0.717, 1.165) is 11.3 Å². The first-order valence-electron chi connectivity index (χ1n) is 9.12. The summed E-state index contributed by atoms with van der Waals surface area (Å²) in [5.41, 5.74) is 2.22. The van der Waals surface area contributed by atoms with Crippen molar-refractivity contribution in [3.05, 3.63) is 59.4 Å². The van der Waals surface area contributed by atoms with E-state index < -0.39 is 35.6 Å². The molecule has 2 bridgehead atoms. The van der Waals surface area contributed by atoms with Crippen LogP contribution in [-0.4, -0.2) is 39.5 Å². The third kappa shape index (κ3) is 3.02. The lowest BCUT2D eigenvalue weighted by atomic mass is 9.55. The summed E-state index contributed by atoms with van der Waals surface area (Å²) in [6, 6.07) is 10.8. The number of benzene rings is 1. The van der Waals surface area contributed by atoms with Crippen LogP contribution in [0.25, 0.3) is 0 Å². The van der Waals surface area contributed by atoms with Crippen LogP contribution >= 0.6 is 0 Å². The molecule has 4 unspecified atom stereocenters. The number of nitrogens with zero attached hydrogens (tertiary/aromatic N) is 1. The van der Waals surface area contributed by atoms with Crippen molar-refractivity contribution >= 4 is 17.7 Å². The Labute approximate surface area is 161 Å². The van der Waals surface area contributed by atoms with Gasteiger partial charge < -0.3 is 14.9 Å². The van der Waals surface area contributed by atoms with Gasteiger partial charge in [0.15, 0.2) is 0 Å². The normalized spacial score (nSPS) is 25.2. The maximum Gasteiger partial charge on any atom is 0.308 e. The van der Waals surface area contributed by atoms with Gasteiger partial charge in [-0.3, -0.25) is 19.4 Å². The van der Waals surface area contributed by atoms with Crippen molar-refractivity contribution in [3.63, 3.8) is 0 Å². The van der Waals surface area contributed by atoms with Crippen LogP contribution < -0.4 is 4.74 Å². The number of rotatable bonds is 6. The molecule has 1 heterocycles. The lowest BCUT2D eigenvalue weighted by Gasteiger charge is -2.45. The van der Waals surface area contributed by atoms with Gasteiger partial charge in [-0.2, -0.15) is 0 Å². The molecule has 28 heavy (non-hydrogen) atoms. The number of aliphatic carboxylic acids is 2. The van der Waals surface area contributed by atoms with Gasteiger partial charge in [-0.25, -0.2) is 0 Å². The number of carbonyl (C=O) groups excluding carboxylic acids is 1. The Kier molecular flexibility index (Phi) is 4.58. The highest BCUT2D eigenvalue weighted by Crippen LogP contribution is 2.54. The Morgan fingerprint density at radius 3 is 2.54 bits per heavy atom. The van der Waals surface area contributed by atoms with Crippen LogP contribution in [0.4, 0.5) is 0 Å². The van der Waals surface area contributed by atoms with Crippen LogP contribution in [-0.2, 0) is 20.8 Å². The van der Waals surface area contributed by atoms with Crippen molar-refractivity contribution in [2.45, 2.75) is 24.7 Å². The largest absolute Gasteiger partial charge is 0.493 e. The highest BCUT2D eigenvalue weighted by molar-refractivity contribution is 5.98. The van der Waals surface area contributed by atoms with E-state index in [-0.39, 0.29) is 12.2 Å². The second-order valence-corrected chi connectivity index (χ2v) is 7.19. The summed E-state index contributed by atoms with van der Waals surface area (Å²) in [4.78, 5) is 40.2. The first kappa shape index (κ1) is 18.2. The third-order valence-corrected chi connectivity index (χ3v) is 5.66. The number of ether oxygens (including phenoxy) is 1. The van der Waals surface area contributed by atoms with Crippen molar-refractivity contribution < 1.29 is 29.3 Å². The smallest absolute Gasteiger partial charge is 0.308 e. The Hall–Kier alpha value is -3.22. The number of carboxylic acids is 2. The number of ketones is 1. The first-order chi connectivity index (χ1) is 13.5. The number of carboxylic acid groups (broad SMARTS) is 2. The highest BCUT2D eigenvalue weighted by Gasteiger charge is 2.57. The van der Waals surface area contributed by atoms with E-state index in [0.29, 0.717) is 24.3 Å². The average molecular weight is 381 g/mol. The van der Waals surface area contributed by atoms with Crippen LogP contribution in [0.3, 0.4) is 0 Å². The molecule has 4 atom stereocenters. The van der Waals surface area contributed by atoms with Crippen molar-refractivity contribution in [3.8, 4) is 5.75 Å². The molecule has 3 aliphatic rings. The van der Waals surface area contributed by atoms with Gasteiger partial charge in [0.1, 0.15) is 11.5 Å². The van der Waals surface area contributed by atoms with E-state index in [1.807, 2.05) is 18.2 Å². The van der Waals surface area contributed by atoms with E-state index in [1.165, 1.54) is 0 Å². The molecule has 1 saturated carbocycles. The zero-order valence-electron chi connectivity index (χ0n) is 14.9. The summed E-state index contributed by atoms with van der Waals surface area (Å²) in [5.74, 6) is -6.01. The number of hydrogen-bond donors (Lipinski definition) is 2. The molecule has 0 aliphatic heterocycles. The first-order valence-corrected chi connectivity index (χ1v) is 9.12. The summed E-state index contributed by atoms with van der Waals surface area (Å²) in [6.07, 6.45) is 2.39. The van der Waals surface area contributed by atoms with Gasteiger partial charge in [-0.15, -0.1) is 0 Å². The minimum absolute atomic E-state index is 0.0678. The fourth-order valence-corrected chi connectivity index (χ4v) is 4.49. The molecule has 1 fully saturated rings. The number of Topliss-reactive ketones (excluding diaryl/α,β-unsaturated/α-hetero) is 1. The van der Waals surface area contributed by atoms with E-state index in [1.54, 1.807) is 24.4 Å². The lowest BCUT2D eigenvalue weighted by Crippen LogP contribution is -2.49. The predicted molar refractivity (Wildman–Crippen MR) is 97.2 cm³/mol. The Morgan fingerprint density at radius 1 is 1.07 bits per heavy atom. The fourth-order valence-electron chi connectivity index (χ4n) is 4.49. The molecule has 7 nitrogen and oxygen atoms in total. The quantitative estimate of drug-likeness (QED) is 0.789. The molecule has 2 aromatic rings. The second-order valence-electron chi connectivity index (χ2n) is 7.19. The monoisotopic (exact) mass is 381 g/mol. The number of fused-ring (bicyclic) bond motifs is 2. The number of carbonyl (C=O) groups is 3. The van der Waals surface area contributed by atoms with Gasteiger partial charge in [-0.1, -0.05) is 12.1 Å². The van der Waals surface area contributed by atoms with Gasteiger partial charge >= 0.3 is 11.9 Å². The molecule has 0 radical (unpaired) electrons. The van der Waals surface area contributed by atoms with Crippen LogP contribution in [0.5, 0.6) is 5.75 Å². The van der Waals surface area contributed by atoms with Crippen molar-refractivity contribution in [2.24, 2.45) is 11.8 Å². The van der Waals surface area contributed by atoms with Gasteiger partial charge in [0, 0.05) is 30.7 Å². The van der Waals surface area contributed by atoms with E-state index in [2.05, 4.69) is 4.98 Å². The summed E-state index contributed by atoms with van der Waals surface area (Å²) >= 11 is 0. The molecule has 0 spiro atoms. The predicted octanol–water partition coefficient (Wildman–Crippen LogP) is 2.26.